The standard InChI is InChI=1S/C19H39NO2/c1-8-15(2)11-9-10-12-16(3)13-17(4)14-20-18(21)22-19(5,6)7/h15-17H,8-14H2,1-7H3,(H,20,21). The Morgan fingerprint density at radius 3 is 2.05 bits per heavy atom. The summed E-state index contributed by atoms with van der Waals surface area (Å²) in [5.41, 5.74) is -0.420. The van der Waals surface area contributed by atoms with Crippen molar-refractivity contribution in [3.05, 3.63) is 0 Å². The molecule has 0 saturated carbocycles. The highest BCUT2D eigenvalue weighted by Crippen LogP contribution is 2.20. The molecule has 0 heterocycles. The van der Waals surface area contributed by atoms with Gasteiger partial charge in [0.05, 0.1) is 0 Å². The molecule has 3 unspecified atom stereocenters. The Bertz CT molecular complexity index is 296. The average Bonchev–Trinajstić information content (AvgIpc) is 2.39. The molecule has 1 N–H and O–H groups in total. The SMILES string of the molecule is CCC(C)CCCCC(C)CC(C)CNC(=O)OC(C)(C)C. The zero-order valence-electron chi connectivity index (χ0n) is 16.0. The van der Waals surface area contributed by atoms with E-state index in [-0.39, 0.29) is 6.09 Å². The average molecular weight is 314 g/mol. The molecule has 0 spiro atoms. The minimum absolute atomic E-state index is 0.305. The van der Waals surface area contributed by atoms with Gasteiger partial charge < -0.3 is 10.1 Å². The van der Waals surface area contributed by atoms with Gasteiger partial charge in [-0.15, -0.1) is 0 Å². The van der Waals surface area contributed by atoms with E-state index >= 15 is 0 Å². The second-order valence-corrected chi connectivity index (χ2v) is 8.13. The maximum Gasteiger partial charge on any atom is 0.407 e. The number of hydrogen-bond acceptors (Lipinski definition) is 2. The summed E-state index contributed by atoms with van der Waals surface area (Å²) < 4.78 is 5.26. The van der Waals surface area contributed by atoms with Crippen LogP contribution >= 0.6 is 0 Å². The Balaban J connectivity index is 3.73. The van der Waals surface area contributed by atoms with Crippen LogP contribution in [-0.2, 0) is 4.74 Å². The number of carbonyl (C=O) groups excluding carboxylic acids is 1. The molecule has 0 rings (SSSR count). The summed E-state index contributed by atoms with van der Waals surface area (Å²) in [5, 5.41) is 2.87. The van der Waals surface area contributed by atoms with Gasteiger partial charge in [0, 0.05) is 6.54 Å². The molecule has 0 aliphatic carbocycles. The van der Waals surface area contributed by atoms with Crippen LogP contribution in [0.2, 0.25) is 0 Å². The summed E-state index contributed by atoms with van der Waals surface area (Å²) in [6, 6.07) is 0. The first-order valence-electron chi connectivity index (χ1n) is 9.10. The Kier molecular flexibility index (Phi) is 10.5. The largest absolute Gasteiger partial charge is 0.444 e. The van der Waals surface area contributed by atoms with Gasteiger partial charge in [-0.05, 0) is 44.9 Å². The lowest BCUT2D eigenvalue weighted by molar-refractivity contribution is 0.0518. The number of hydrogen-bond donors (Lipinski definition) is 1. The van der Waals surface area contributed by atoms with Gasteiger partial charge in [0.15, 0.2) is 0 Å². The fraction of sp³-hybridized carbons (Fsp3) is 0.947. The van der Waals surface area contributed by atoms with Gasteiger partial charge in [0.1, 0.15) is 5.60 Å². The molecule has 0 saturated heterocycles. The molecule has 0 radical (unpaired) electrons. The number of alkyl carbamates (subject to hydrolysis) is 1. The predicted octanol–water partition coefficient (Wildman–Crippen LogP) is 5.78. The van der Waals surface area contributed by atoms with Crippen molar-refractivity contribution in [3.8, 4) is 0 Å². The van der Waals surface area contributed by atoms with Gasteiger partial charge in [0.2, 0.25) is 0 Å². The Morgan fingerprint density at radius 2 is 1.55 bits per heavy atom. The van der Waals surface area contributed by atoms with Crippen LogP contribution in [0.1, 0.15) is 87.0 Å². The van der Waals surface area contributed by atoms with E-state index in [0.717, 1.165) is 11.8 Å². The van der Waals surface area contributed by atoms with Crippen LogP contribution in [0.3, 0.4) is 0 Å². The molecule has 0 fully saturated rings. The molecule has 3 heteroatoms. The lowest BCUT2D eigenvalue weighted by Crippen LogP contribution is -2.35. The number of rotatable bonds is 10. The highest BCUT2D eigenvalue weighted by atomic mass is 16.6. The third kappa shape index (κ3) is 13.0. The highest BCUT2D eigenvalue weighted by Gasteiger charge is 2.17. The third-order valence-corrected chi connectivity index (χ3v) is 4.14. The van der Waals surface area contributed by atoms with Gasteiger partial charge in [-0.1, -0.05) is 59.8 Å². The second-order valence-electron chi connectivity index (χ2n) is 8.13. The number of unbranched alkanes of at least 4 members (excludes halogenated alkanes) is 1. The minimum Gasteiger partial charge on any atom is -0.444 e. The van der Waals surface area contributed by atoms with Crippen LogP contribution < -0.4 is 5.32 Å². The first-order valence-corrected chi connectivity index (χ1v) is 9.10. The smallest absolute Gasteiger partial charge is 0.407 e. The summed E-state index contributed by atoms with van der Waals surface area (Å²) in [6.07, 6.45) is 7.50. The zero-order valence-corrected chi connectivity index (χ0v) is 16.0. The maximum atomic E-state index is 11.6. The van der Waals surface area contributed by atoms with E-state index in [4.69, 9.17) is 4.74 Å². The van der Waals surface area contributed by atoms with E-state index in [1.807, 2.05) is 20.8 Å². The molecule has 3 nitrogen and oxygen atoms in total. The van der Waals surface area contributed by atoms with Gasteiger partial charge in [0.25, 0.3) is 0 Å². The first kappa shape index (κ1) is 21.3. The zero-order chi connectivity index (χ0) is 17.2. The quantitative estimate of drug-likeness (QED) is 0.519. The molecule has 0 aromatic carbocycles. The van der Waals surface area contributed by atoms with Crippen molar-refractivity contribution in [2.75, 3.05) is 6.54 Å². The highest BCUT2D eigenvalue weighted by molar-refractivity contribution is 5.67. The lowest BCUT2D eigenvalue weighted by atomic mass is 9.91. The molecule has 1 amide bonds. The van der Waals surface area contributed by atoms with Crippen molar-refractivity contribution >= 4 is 6.09 Å². The maximum absolute atomic E-state index is 11.6. The Hall–Kier alpha value is -0.730. The van der Waals surface area contributed by atoms with E-state index in [1.54, 1.807) is 0 Å². The van der Waals surface area contributed by atoms with Gasteiger partial charge in [-0.2, -0.15) is 0 Å². The topological polar surface area (TPSA) is 38.3 Å². The minimum atomic E-state index is -0.420. The number of amides is 1. The molecule has 0 aliphatic heterocycles. The van der Waals surface area contributed by atoms with E-state index in [0.29, 0.717) is 12.5 Å². The molecule has 0 aromatic heterocycles. The molecule has 0 aliphatic rings. The van der Waals surface area contributed by atoms with E-state index < -0.39 is 5.60 Å². The molecular weight excluding hydrogens is 274 g/mol. The molecule has 132 valence electrons. The number of nitrogens with one attached hydrogen (secondary N) is 1. The van der Waals surface area contributed by atoms with E-state index in [9.17, 15) is 4.79 Å². The normalized spacial score (nSPS) is 16.0. The molecule has 0 aromatic rings. The van der Waals surface area contributed by atoms with Gasteiger partial charge in [-0.3, -0.25) is 0 Å². The third-order valence-electron chi connectivity index (χ3n) is 4.14. The molecule has 0 bridgehead atoms. The number of ether oxygens (including phenoxy) is 1. The summed E-state index contributed by atoms with van der Waals surface area (Å²) in [5.74, 6) is 2.09. The van der Waals surface area contributed by atoms with Crippen molar-refractivity contribution in [1.82, 2.24) is 5.32 Å². The first-order chi connectivity index (χ1) is 10.1. The van der Waals surface area contributed by atoms with Crippen LogP contribution in [0.15, 0.2) is 0 Å². The molecule has 22 heavy (non-hydrogen) atoms. The fourth-order valence-electron chi connectivity index (χ4n) is 2.65. The van der Waals surface area contributed by atoms with Crippen LogP contribution in [0.5, 0.6) is 0 Å². The number of carbonyl (C=O) groups is 1. The van der Waals surface area contributed by atoms with Gasteiger partial charge in [-0.25, -0.2) is 4.79 Å². The summed E-state index contributed by atoms with van der Waals surface area (Å²) >= 11 is 0. The van der Waals surface area contributed by atoms with Crippen LogP contribution in [0.25, 0.3) is 0 Å². The Morgan fingerprint density at radius 1 is 1.00 bits per heavy atom. The van der Waals surface area contributed by atoms with E-state index in [1.165, 1.54) is 38.5 Å². The van der Waals surface area contributed by atoms with Gasteiger partial charge >= 0.3 is 6.09 Å². The Labute approximate surface area is 138 Å². The van der Waals surface area contributed by atoms with Crippen molar-refractivity contribution in [3.63, 3.8) is 0 Å². The summed E-state index contributed by atoms with van der Waals surface area (Å²) in [7, 11) is 0. The predicted molar refractivity (Wildman–Crippen MR) is 95.1 cm³/mol. The van der Waals surface area contributed by atoms with Crippen molar-refractivity contribution in [2.24, 2.45) is 17.8 Å². The van der Waals surface area contributed by atoms with Crippen LogP contribution in [0.4, 0.5) is 4.79 Å². The van der Waals surface area contributed by atoms with Crippen molar-refractivity contribution in [2.45, 2.75) is 92.6 Å². The van der Waals surface area contributed by atoms with Crippen LogP contribution in [-0.4, -0.2) is 18.2 Å². The summed E-state index contributed by atoms with van der Waals surface area (Å²) in [4.78, 5) is 11.6. The van der Waals surface area contributed by atoms with Crippen molar-refractivity contribution in [1.29, 1.82) is 0 Å². The van der Waals surface area contributed by atoms with E-state index in [2.05, 4.69) is 33.0 Å². The molecular formula is C19H39NO2. The molecule has 3 atom stereocenters. The van der Waals surface area contributed by atoms with Crippen molar-refractivity contribution < 1.29 is 9.53 Å². The lowest BCUT2D eigenvalue weighted by Gasteiger charge is -2.22. The summed E-state index contributed by atoms with van der Waals surface area (Å²) in [6.45, 7) is 15.5. The van der Waals surface area contributed by atoms with Crippen LogP contribution in [0, 0.1) is 17.8 Å². The second kappa shape index (κ2) is 10.9. The monoisotopic (exact) mass is 313 g/mol. The fourth-order valence-corrected chi connectivity index (χ4v) is 2.65.